The Morgan fingerprint density at radius 1 is 1.38 bits per heavy atom. The monoisotopic (exact) mass is 331 g/mol. The molecule has 1 aromatic rings. The molecule has 2 aliphatic rings. The standard InChI is InChI=1S/C14H15ClFNO3S/c1-8-4-11(21(15,19)20)6-12(13(8)16)14(18)17-7-9-2-3-10(17)5-9/h4,6,9-10H,2-3,5,7H2,1H3. The summed E-state index contributed by atoms with van der Waals surface area (Å²) in [7, 11) is 1.31. The molecule has 1 saturated heterocycles. The van der Waals surface area contributed by atoms with Crippen LogP contribution in [0.5, 0.6) is 0 Å². The summed E-state index contributed by atoms with van der Waals surface area (Å²) in [5.41, 5.74) is -0.105. The van der Waals surface area contributed by atoms with Gasteiger partial charge in [0.1, 0.15) is 5.82 Å². The number of rotatable bonds is 2. The Bertz CT molecular complexity index is 719. The number of likely N-dealkylation sites (tertiary alicyclic amines) is 1. The summed E-state index contributed by atoms with van der Waals surface area (Å²) in [6.07, 6.45) is 3.00. The quantitative estimate of drug-likeness (QED) is 0.783. The molecular formula is C14H15ClFNO3S. The molecule has 0 N–H and O–H groups in total. The maximum atomic E-state index is 14.2. The van der Waals surface area contributed by atoms with Crippen molar-refractivity contribution >= 4 is 25.6 Å². The molecule has 2 unspecified atom stereocenters. The second kappa shape index (κ2) is 4.95. The summed E-state index contributed by atoms with van der Waals surface area (Å²) in [6.45, 7) is 2.05. The topological polar surface area (TPSA) is 54.5 Å². The SMILES string of the molecule is Cc1cc(S(=O)(=O)Cl)cc(C(=O)N2CC3CCC2C3)c1F. The fourth-order valence-corrected chi connectivity index (χ4v) is 4.20. The van der Waals surface area contributed by atoms with Crippen molar-refractivity contribution in [3.63, 3.8) is 0 Å². The van der Waals surface area contributed by atoms with Gasteiger partial charge in [0.05, 0.1) is 10.5 Å². The van der Waals surface area contributed by atoms with Crippen molar-refractivity contribution in [2.45, 2.75) is 37.1 Å². The fraction of sp³-hybridized carbons (Fsp3) is 0.500. The van der Waals surface area contributed by atoms with Gasteiger partial charge in [-0.2, -0.15) is 0 Å². The highest BCUT2D eigenvalue weighted by atomic mass is 35.7. The number of halogens is 2. The lowest BCUT2D eigenvalue weighted by molar-refractivity contribution is 0.0698. The first-order valence-corrected chi connectivity index (χ1v) is 9.14. The molecule has 7 heteroatoms. The van der Waals surface area contributed by atoms with Crippen molar-refractivity contribution in [1.29, 1.82) is 0 Å². The zero-order chi connectivity index (χ0) is 15.4. The van der Waals surface area contributed by atoms with Gasteiger partial charge in [-0.3, -0.25) is 4.79 Å². The van der Waals surface area contributed by atoms with Crippen LogP contribution in [-0.4, -0.2) is 31.8 Å². The maximum Gasteiger partial charge on any atom is 0.261 e. The van der Waals surface area contributed by atoms with Crippen molar-refractivity contribution < 1.29 is 17.6 Å². The van der Waals surface area contributed by atoms with E-state index in [1.807, 2.05) is 0 Å². The smallest absolute Gasteiger partial charge is 0.261 e. The molecule has 3 rings (SSSR count). The Morgan fingerprint density at radius 3 is 2.62 bits per heavy atom. The normalized spacial score (nSPS) is 24.6. The van der Waals surface area contributed by atoms with Gasteiger partial charge in [0, 0.05) is 23.3 Å². The third kappa shape index (κ3) is 2.55. The van der Waals surface area contributed by atoms with E-state index in [-0.39, 0.29) is 22.1 Å². The molecule has 2 bridgehead atoms. The molecule has 1 aliphatic carbocycles. The molecule has 21 heavy (non-hydrogen) atoms. The number of hydrogen-bond donors (Lipinski definition) is 0. The van der Waals surface area contributed by atoms with E-state index in [2.05, 4.69) is 0 Å². The zero-order valence-electron chi connectivity index (χ0n) is 11.5. The second-order valence-electron chi connectivity index (χ2n) is 5.83. The first-order valence-electron chi connectivity index (χ1n) is 6.83. The highest BCUT2D eigenvalue weighted by molar-refractivity contribution is 8.13. The summed E-state index contributed by atoms with van der Waals surface area (Å²) >= 11 is 0. The molecule has 4 nitrogen and oxygen atoms in total. The molecular weight excluding hydrogens is 317 g/mol. The van der Waals surface area contributed by atoms with Gasteiger partial charge in [-0.1, -0.05) is 0 Å². The van der Waals surface area contributed by atoms with Crippen molar-refractivity contribution in [3.8, 4) is 0 Å². The van der Waals surface area contributed by atoms with E-state index in [1.54, 1.807) is 4.90 Å². The van der Waals surface area contributed by atoms with Gasteiger partial charge in [0.15, 0.2) is 0 Å². The van der Waals surface area contributed by atoms with E-state index >= 15 is 0 Å². The molecule has 1 aromatic carbocycles. The summed E-state index contributed by atoms with van der Waals surface area (Å²) in [5, 5.41) is 0. The van der Waals surface area contributed by atoms with Crippen LogP contribution in [-0.2, 0) is 9.05 Å². The van der Waals surface area contributed by atoms with Gasteiger partial charge < -0.3 is 4.90 Å². The van der Waals surface area contributed by atoms with E-state index < -0.39 is 20.8 Å². The third-order valence-corrected chi connectivity index (χ3v) is 5.74. The van der Waals surface area contributed by atoms with Crippen molar-refractivity contribution in [2.75, 3.05) is 6.54 Å². The molecule has 0 spiro atoms. The minimum Gasteiger partial charge on any atom is -0.335 e. The largest absolute Gasteiger partial charge is 0.335 e. The molecule has 0 aromatic heterocycles. The predicted molar refractivity (Wildman–Crippen MR) is 76.3 cm³/mol. The van der Waals surface area contributed by atoms with Crippen molar-refractivity contribution in [2.24, 2.45) is 5.92 Å². The predicted octanol–water partition coefficient (Wildman–Crippen LogP) is 2.69. The van der Waals surface area contributed by atoms with Gasteiger partial charge >= 0.3 is 0 Å². The number of carbonyl (C=O) groups excluding carboxylic acids is 1. The first kappa shape index (κ1) is 14.8. The highest BCUT2D eigenvalue weighted by Gasteiger charge is 2.41. The minimum atomic E-state index is -4.00. The molecule has 114 valence electrons. The van der Waals surface area contributed by atoms with Crippen molar-refractivity contribution in [3.05, 3.63) is 29.1 Å². The lowest BCUT2D eigenvalue weighted by atomic mass is 10.1. The minimum absolute atomic E-state index is 0.101. The average molecular weight is 332 g/mol. The van der Waals surface area contributed by atoms with Gasteiger partial charge in [0.2, 0.25) is 0 Å². The number of benzene rings is 1. The van der Waals surface area contributed by atoms with E-state index in [9.17, 15) is 17.6 Å². The van der Waals surface area contributed by atoms with Crippen LogP contribution in [0.15, 0.2) is 17.0 Å². The summed E-state index contributed by atoms with van der Waals surface area (Å²) in [6, 6.07) is 2.34. The zero-order valence-corrected chi connectivity index (χ0v) is 13.0. The van der Waals surface area contributed by atoms with E-state index in [0.717, 1.165) is 31.4 Å². The Morgan fingerprint density at radius 2 is 2.10 bits per heavy atom. The number of nitrogens with zero attached hydrogens (tertiary/aromatic N) is 1. The van der Waals surface area contributed by atoms with Crippen LogP contribution in [0.2, 0.25) is 0 Å². The van der Waals surface area contributed by atoms with Crippen LogP contribution in [0.3, 0.4) is 0 Å². The molecule has 1 heterocycles. The molecule has 1 saturated carbocycles. The van der Waals surface area contributed by atoms with Crippen LogP contribution in [0.1, 0.15) is 35.2 Å². The number of piperidine rings is 1. The van der Waals surface area contributed by atoms with Crippen LogP contribution < -0.4 is 0 Å². The summed E-state index contributed by atoms with van der Waals surface area (Å²) < 4.78 is 37.1. The molecule has 0 radical (unpaired) electrons. The van der Waals surface area contributed by atoms with E-state index in [4.69, 9.17) is 10.7 Å². The first-order chi connectivity index (χ1) is 9.77. The Balaban J connectivity index is 2.01. The molecule has 1 amide bonds. The van der Waals surface area contributed by atoms with E-state index in [1.165, 1.54) is 6.92 Å². The van der Waals surface area contributed by atoms with Crippen LogP contribution >= 0.6 is 10.7 Å². The summed E-state index contributed by atoms with van der Waals surface area (Å²) in [4.78, 5) is 14.0. The average Bonchev–Trinajstić information content (AvgIpc) is 3.02. The Kier molecular flexibility index (Phi) is 3.48. The number of fused-ring (bicyclic) bond motifs is 2. The number of hydrogen-bond acceptors (Lipinski definition) is 3. The second-order valence-corrected chi connectivity index (χ2v) is 8.40. The summed E-state index contributed by atoms with van der Waals surface area (Å²) in [5.74, 6) is -0.625. The number of carbonyl (C=O) groups is 1. The molecule has 2 fully saturated rings. The fourth-order valence-electron chi connectivity index (χ4n) is 3.36. The maximum absolute atomic E-state index is 14.2. The highest BCUT2D eigenvalue weighted by Crippen LogP contribution is 2.38. The molecule has 1 aliphatic heterocycles. The van der Waals surface area contributed by atoms with Gasteiger partial charge in [-0.15, -0.1) is 0 Å². The Hall–Kier alpha value is -1.14. The number of amides is 1. The lowest BCUT2D eigenvalue weighted by Crippen LogP contribution is -2.38. The third-order valence-electron chi connectivity index (χ3n) is 4.41. The van der Waals surface area contributed by atoms with E-state index in [0.29, 0.717) is 12.5 Å². The molecule has 2 atom stereocenters. The van der Waals surface area contributed by atoms with Crippen LogP contribution in [0.25, 0.3) is 0 Å². The van der Waals surface area contributed by atoms with Gasteiger partial charge in [0.25, 0.3) is 15.0 Å². The van der Waals surface area contributed by atoms with Crippen LogP contribution in [0.4, 0.5) is 4.39 Å². The lowest BCUT2D eigenvalue weighted by Gasteiger charge is -2.27. The van der Waals surface area contributed by atoms with Gasteiger partial charge in [-0.25, -0.2) is 12.8 Å². The van der Waals surface area contributed by atoms with Gasteiger partial charge in [-0.05, 0) is 49.8 Å². The van der Waals surface area contributed by atoms with Crippen molar-refractivity contribution in [1.82, 2.24) is 4.90 Å². The Labute approximate surface area is 127 Å². The van der Waals surface area contributed by atoms with Crippen LogP contribution in [0, 0.1) is 18.7 Å². The number of aryl methyl sites for hydroxylation is 1.